The Hall–Kier alpha value is -6.53. The highest BCUT2D eigenvalue weighted by Gasteiger charge is 2.22. The molecule has 5 nitrogen and oxygen atoms in total. The molecule has 3 aromatic heterocycles. The van der Waals surface area contributed by atoms with Crippen LogP contribution in [0, 0.1) is 0 Å². The molecular formula is C45H23B5N4O. The highest BCUT2D eigenvalue weighted by Crippen LogP contribution is 2.40. The van der Waals surface area contributed by atoms with Gasteiger partial charge >= 0.3 is 0 Å². The molecule has 0 bridgehead atoms. The molecule has 0 spiro atoms. The molecule has 10 radical (unpaired) electrons. The molecule has 0 saturated heterocycles. The maximum Gasteiger partial charge on any atom is 0.238 e. The van der Waals surface area contributed by atoms with Crippen LogP contribution in [-0.2, 0) is 0 Å². The van der Waals surface area contributed by atoms with Crippen LogP contribution < -0.4 is 27.3 Å². The van der Waals surface area contributed by atoms with Crippen molar-refractivity contribution in [3.8, 4) is 51.0 Å². The molecule has 0 aliphatic heterocycles. The summed E-state index contributed by atoms with van der Waals surface area (Å²) in [6.07, 6.45) is 0. The predicted molar refractivity (Wildman–Crippen MR) is 230 cm³/mol. The summed E-state index contributed by atoms with van der Waals surface area (Å²) in [7, 11) is 32.1. The zero-order chi connectivity index (χ0) is 37.4. The Labute approximate surface area is 323 Å². The van der Waals surface area contributed by atoms with Crippen molar-refractivity contribution < 1.29 is 4.42 Å². The number of rotatable bonds is 5. The third-order valence-corrected chi connectivity index (χ3v) is 10.4. The second kappa shape index (κ2) is 12.8. The fourth-order valence-electron chi connectivity index (χ4n) is 7.72. The molecule has 0 aliphatic carbocycles. The Morgan fingerprint density at radius 3 is 1.76 bits per heavy atom. The first-order chi connectivity index (χ1) is 26.9. The molecule has 7 aromatic carbocycles. The van der Waals surface area contributed by atoms with Gasteiger partial charge in [0.25, 0.3) is 0 Å². The van der Waals surface area contributed by atoms with E-state index in [-0.39, 0.29) is 27.3 Å². The Kier molecular flexibility index (Phi) is 7.70. The number of para-hydroxylation sites is 1. The van der Waals surface area contributed by atoms with Gasteiger partial charge in [0, 0.05) is 32.7 Å². The van der Waals surface area contributed by atoms with Crippen molar-refractivity contribution in [2.75, 3.05) is 0 Å². The summed E-state index contributed by atoms with van der Waals surface area (Å²) in [6, 6.07) is 46.5. The van der Waals surface area contributed by atoms with Gasteiger partial charge in [-0.1, -0.05) is 120 Å². The van der Waals surface area contributed by atoms with Crippen LogP contribution in [0.3, 0.4) is 0 Å². The normalized spacial score (nSPS) is 11.6. The number of aromatic nitrogens is 4. The molecule has 55 heavy (non-hydrogen) atoms. The number of hydrogen-bond acceptors (Lipinski definition) is 4. The van der Waals surface area contributed by atoms with Gasteiger partial charge < -0.3 is 4.42 Å². The molecule has 10 heteroatoms. The molecule has 3 heterocycles. The smallest absolute Gasteiger partial charge is 0.238 e. The average molecular weight is 690 g/mol. The van der Waals surface area contributed by atoms with Gasteiger partial charge in [-0.25, -0.2) is 4.98 Å². The summed E-state index contributed by atoms with van der Waals surface area (Å²) >= 11 is 0. The monoisotopic (exact) mass is 690 g/mol. The zero-order valence-electron chi connectivity index (χ0n) is 29.4. The van der Waals surface area contributed by atoms with Crippen molar-refractivity contribution in [3.63, 3.8) is 0 Å². The Bertz CT molecular complexity index is 3130. The average Bonchev–Trinajstić information content (AvgIpc) is 3.79. The largest absolute Gasteiger partial charge is 0.456 e. The van der Waals surface area contributed by atoms with E-state index in [0.717, 1.165) is 71.6 Å². The quantitative estimate of drug-likeness (QED) is 0.224. The van der Waals surface area contributed by atoms with Gasteiger partial charge in [0.1, 0.15) is 50.4 Å². The van der Waals surface area contributed by atoms with Gasteiger partial charge in [0.2, 0.25) is 5.95 Å². The molecule has 0 amide bonds. The zero-order valence-corrected chi connectivity index (χ0v) is 29.4. The lowest BCUT2D eigenvalue weighted by molar-refractivity contribution is 0.669. The van der Waals surface area contributed by atoms with Crippen LogP contribution >= 0.6 is 0 Å². The second-order valence-corrected chi connectivity index (χ2v) is 13.5. The van der Waals surface area contributed by atoms with E-state index < -0.39 is 0 Å². The summed E-state index contributed by atoms with van der Waals surface area (Å²) in [4.78, 5) is 15.3. The predicted octanol–water partition coefficient (Wildman–Crippen LogP) is 5.51. The van der Waals surface area contributed by atoms with Crippen LogP contribution in [0.5, 0.6) is 0 Å². The fourth-order valence-corrected chi connectivity index (χ4v) is 7.72. The summed E-state index contributed by atoms with van der Waals surface area (Å²) in [5.41, 5.74) is 9.44. The maximum atomic E-state index is 6.62. The molecule has 0 unspecified atom stereocenters. The summed E-state index contributed by atoms with van der Waals surface area (Å²) in [5.74, 6) is 1.44. The van der Waals surface area contributed by atoms with E-state index in [4.69, 9.17) is 58.6 Å². The van der Waals surface area contributed by atoms with Gasteiger partial charge in [0.15, 0.2) is 11.6 Å². The van der Waals surface area contributed by atoms with Crippen LogP contribution in [-0.4, -0.2) is 58.8 Å². The minimum absolute atomic E-state index is 0.164. The van der Waals surface area contributed by atoms with Crippen molar-refractivity contribution in [1.29, 1.82) is 0 Å². The lowest BCUT2D eigenvalue weighted by atomic mass is 9.59. The first-order valence-electron chi connectivity index (χ1n) is 17.7. The minimum atomic E-state index is 0.164. The third kappa shape index (κ3) is 5.19. The number of benzene rings is 7. The van der Waals surface area contributed by atoms with E-state index >= 15 is 0 Å². The number of fused-ring (bicyclic) bond motifs is 6. The van der Waals surface area contributed by atoms with Crippen LogP contribution in [0.4, 0.5) is 0 Å². The van der Waals surface area contributed by atoms with Crippen LogP contribution in [0.25, 0.3) is 94.7 Å². The molecule has 10 rings (SSSR count). The molecule has 0 N–H and O–H groups in total. The Morgan fingerprint density at radius 2 is 1.02 bits per heavy atom. The van der Waals surface area contributed by atoms with Gasteiger partial charge in [-0.05, 0) is 52.6 Å². The number of furan rings is 1. The highest BCUT2D eigenvalue weighted by atomic mass is 16.3. The van der Waals surface area contributed by atoms with E-state index in [1.165, 1.54) is 0 Å². The second-order valence-electron chi connectivity index (χ2n) is 13.5. The standard InChI is InChI=1S/C45H23B5N4O/c46-38-37(39(47)41(49)42(50)40(38)48)30-17-9-19-32-35(30)28-15-7-8-18-31(28)54(32)45-52-43(25-13-5-2-6-14-25)51-44(53-45)26-21-22-29-34(23-26)55-33-20-10-16-27(36(29)33)24-11-3-1-4-12-24/h1-23H. The molecule has 10 aromatic rings. The van der Waals surface area contributed by atoms with E-state index in [2.05, 4.69) is 24.3 Å². The van der Waals surface area contributed by atoms with E-state index in [0.29, 0.717) is 23.2 Å². The fraction of sp³-hybridized carbons (Fsp3) is 0. The van der Waals surface area contributed by atoms with Crippen LogP contribution in [0.15, 0.2) is 144 Å². The van der Waals surface area contributed by atoms with Crippen molar-refractivity contribution in [3.05, 3.63) is 140 Å². The van der Waals surface area contributed by atoms with Crippen molar-refractivity contribution >= 4 is 110 Å². The van der Waals surface area contributed by atoms with E-state index in [9.17, 15) is 0 Å². The highest BCUT2D eigenvalue weighted by molar-refractivity contribution is 6.69. The van der Waals surface area contributed by atoms with Crippen LogP contribution in [0.1, 0.15) is 0 Å². The molecule has 0 atom stereocenters. The van der Waals surface area contributed by atoms with Crippen molar-refractivity contribution in [1.82, 2.24) is 19.5 Å². The van der Waals surface area contributed by atoms with Gasteiger partial charge in [-0.15, -0.1) is 16.4 Å². The number of hydrogen-bond donors (Lipinski definition) is 0. The summed E-state index contributed by atoms with van der Waals surface area (Å²) < 4.78 is 8.52. The lowest BCUT2D eigenvalue weighted by Gasteiger charge is -2.22. The first-order valence-corrected chi connectivity index (χ1v) is 17.7. The minimum Gasteiger partial charge on any atom is -0.456 e. The van der Waals surface area contributed by atoms with Crippen molar-refractivity contribution in [2.45, 2.75) is 0 Å². The van der Waals surface area contributed by atoms with E-state index in [1.54, 1.807) is 0 Å². The molecular weight excluding hydrogens is 667 g/mol. The maximum absolute atomic E-state index is 6.62. The van der Waals surface area contributed by atoms with Gasteiger partial charge in [-0.2, -0.15) is 9.97 Å². The molecule has 0 saturated carbocycles. The first kappa shape index (κ1) is 33.1. The Morgan fingerprint density at radius 1 is 0.418 bits per heavy atom. The summed E-state index contributed by atoms with van der Waals surface area (Å²) in [6.45, 7) is 0. The topological polar surface area (TPSA) is 56.7 Å². The van der Waals surface area contributed by atoms with Crippen molar-refractivity contribution in [2.24, 2.45) is 0 Å². The van der Waals surface area contributed by atoms with Gasteiger partial charge in [-0.3, -0.25) is 4.57 Å². The summed E-state index contributed by atoms with van der Waals surface area (Å²) in [5, 5.41) is 3.87. The lowest BCUT2D eigenvalue weighted by Crippen LogP contribution is -2.55. The molecule has 244 valence electrons. The van der Waals surface area contributed by atoms with E-state index in [1.807, 2.05) is 120 Å². The molecule has 0 fully saturated rings. The Balaban J connectivity index is 1.22. The van der Waals surface area contributed by atoms with Gasteiger partial charge in [0.05, 0.1) is 11.0 Å². The third-order valence-electron chi connectivity index (χ3n) is 10.4. The van der Waals surface area contributed by atoms with Crippen LogP contribution in [0.2, 0.25) is 0 Å². The number of nitrogens with zero attached hydrogens (tertiary/aromatic N) is 4. The SMILES string of the molecule is [B]c1c([B])c([B])c(-c2cccc3c2c2ccccc2n3-c2nc(-c3ccccc3)nc(-c3ccc4c(c3)oc3cccc(-c5ccccc5)c34)n2)c([B])c1[B]. The molecule has 0 aliphatic rings.